The van der Waals surface area contributed by atoms with E-state index < -0.39 is 0 Å². The van der Waals surface area contributed by atoms with Crippen LogP contribution in [-0.2, 0) is 6.54 Å². The van der Waals surface area contributed by atoms with E-state index in [0.29, 0.717) is 6.42 Å². The predicted octanol–water partition coefficient (Wildman–Crippen LogP) is 1.17. The second-order valence-electron chi connectivity index (χ2n) is 2.93. The lowest BCUT2D eigenvalue weighted by molar-refractivity contribution is 0.0951. The average molecular weight is 150 g/mol. The molecule has 2 heterocycles. The van der Waals surface area contributed by atoms with Crippen LogP contribution in [-0.4, -0.2) is 15.6 Å². The Balaban J connectivity index is 2.56. The highest BCUT2D eigenvalue weighted by Gasteiger charge is 2.19. The van der Waals surface area contributed by atoms with E-state index in [2.05, 4.69) is 5.10 Å². The summed E-state index contributed by atoms with van der Waals surface area (Å²) in [6.07, 6.45) is 3.39. The lowest BCUT2D eigenvalue weighted by atomic mass is 10.1. The Hall–Kier alpha value is -1.12. The SMILES string of the molecule is Cc1cnn2c1C(=O)CCC2. The van der Waals surface area contributed by atoms with Crippen molar-refractivity contribution in [3.8, 4) is 0 Å². The summed E-state index contributed by atoms with van der Waals surface area (Å²) in [5.74, 6) is 0.242. The monoisotopic (exact) mass is 150 g/mol. The number of nitrogens with zero attached hydrogens (tertiary/aromatic N) is 2. The number of carbonyl (C=O) groups excluding carboxylic acids is 1. The summed E-state index contributed by atoms with van der Waals surface area (Å²) in [5.41, 5.74) is 1.82. The van der Waals surface area contributed by atoms with E-state index in [1.165, 1.54) is 0 Å². The number of fused-ring (bicyclic) bond motifs is 1. The number of hydrogen-bond donors (Lipinski definition) is 0. The van der Waals surface area contributed by atoms with Gasteiger partial charge in [-0.3, -0.25) is 9.48 Å². The zero-order valence-electron chi connectivity index (χ0n) is 6.50. The minimum Gasteiger partial charge on any atom is -0.292 e. The van der Waals surface area contributed by atoms with Gasteiger partial charge in [0.05, 0.1) is 6.20 Å². The number of ketones is 1. The smallest absolute Gasteiger partial charge is 0.181 e. The molecule has 0 aromatic carbocycles. The highest BCUT2D eigenvalue weighted by molar-refractivity contribution is 5.96. The molecule has 0 saturated heterocycles. The van der Waals surface area contributed by atoms with Gasteiger partial charge in [-0.15, -0.1) is 0 Å². The second-order valence-corrected chi connectivity index (χ2v) is 2.93. The Morgan fingerprint density at radius 1 is 1.64 bits per heavy atom. The lowest BCUT2D eigenvalue weighted by Gasteiger charge is -2.12. The molecule has 1 aromatic heterocycles. The van der Waals surface area contributed by atoms with Gasteiger partial charge in [0.15, 0.2) is 5.78 Å². The molecule has 0 atom stereocenters. The van der Waals surface area contributed by atoms with Crippen LogP contribution >= 0.6 is 0 Å². The molecule has 0 fully saturated rings. The Morgan fingerprint density at radius 3 is 3.18 bits per heavy atom. The zero-order chi connectivity index (χ0) is 7.84. The van der Waals surface area contributed by atoms with Crippen LogP contribution in [0, 0.1) is 6.92 Å². The first kappa shape index (κ1) is 6.58. The molecule has 0 spiro atoms. The van der Waals surface area contributed by atoms with Gasteiger partial charge in [-0.25, -0.2) is 0 Å². The number of hydrogen-bond acceptors (Lipinski definition) is 2. The van der Waals surface area contributed by atoms with Crippen LogP contribution in [0.25, 0.3) is 0 Å². The summed E-state index contributed by atoms with van der Waals surface area (Å²) in [4.78, 5) is 11.3. The van der Waals surface area contributed by atoms with Gasteiger partial charge in [0.25, 0.3) is 0 Å². The van der Waals surface area contributed by atoms with E-state index in [4.69, 9.17) is 0 Å². The molecular weight excluding hydrogens is 140 g/mol. The highest BCUT2D eigenvalue weighted by atomic mass is 16.1. The van der Waals surface area contributed by atoms with Crippen molar-refractivity contribution in [1.29, 1.82) is 0 Å². The lowest BCUT2D eigenvalue weighted by Crippen LogP contribution is -2.17. The van der Waals surface area contributed by atoms with E-state index in [1.807, 2.05) is 6.92 Å². The molecular formula is C8H10N2O. The van der Waals surface area contributed by atoms with Gasteiger partial charge in [0.1, 0.15) is 5.69 Å². The van der Waals surface area contributed by atoms with Crippen LogP contribution in [0.4, 0.5) is 0 Å². The molecule has 1 aliphatic heterocycles. The van der Waals surface area contributed by atoms with Crippen LogP contribution in [0.5, 0.6) is 0 Å². The number of carbonyl (C=O) groups is 1. The topological polar surface area (TPSA) is 34.9 Å². The maximum absolute atomic E-state index is 11.3. The molecule has 0 N–H and O–H groups in total. The van der Waals surface area contributed by atoms with E-state index in [1.54, 1.807) is 10.9 Å². The van der Waals surface area contributed by atoms with Crippen LogP contribution in [0.1, 0.15) is 28.9 Å². The average Bonchev–Trinajstić information content (AvgIpc) is 2.34. The van der Waals surface area contributed by atoms with Crippen LogP contribution in [0.15, 0.2) is 6.20 Å². The summed E-state index contributed by atoms with van der Waals surface area (Å²) < 4.78 is 1.81. The molecule has 3 heteroatoms. The van der Waals surface area contributed by atoms with Crippen molar-refractivity contribution in [3.63, 3.8) is 0 Å². The maximum Gasteiger partial charge on any atom is 0.181 e. The fourth-order valence-electron chi connectivity index (χ4n) is 1.52. The largest absolute Gasteiger partial charge is 0.292 e. The van der Waals surface area contributed by atoms with Crippen molar-refractivity contribution in [2.45, 2.75) is 26.3 Å². The fraction of sp³-hybridized carbons (Fsp3) is 0.500. The highest BCUT2D eigenvalue weighted by Crippen LogP contribution is 2.16. The van der Waals surface area contributed by atoms with Crippen LogP contribution in [0.2, 0.25) is 0 Å². The molecule has 0 saturated carbocycles. The molecule has 58 valence electrons. The molecule has 0 bridgehead atoms. The molecule has 0 radical (unpaired) electrons. The van der Waals surface area contributed by atoms with Crippen molar-refractivity contribution >= 4 is 5.78 Å². The molecule has 1 aliphatic rings. The van der Waals surface area contributed by atoms with E-state index in [0.717, 1.165) is 24.2 Å². The van der Waals surface area contributed by atoms with Gasteiger partial charge >= 0.3 is 0 Å². The van der Waals surface area contributed by atoms with Gasteiger partial charge < -0.3 is 0 Å². The second kappa shape index (κ2) is 2.19. The first-order valence-corrected chi connectivity index (χ1v) is 3.84. The molecule has 0 unspecified atom stereocenters. The molecule has 0 aliphatic carbocycles. The summed E-state index contributed by atoms with van der Waals surface area (Å²) >= 11 is 0. The van der Waals surface area contributed by atoms with Gasteiger partial charge in [0.2, 0.25) is 0 Å². The summed E-state index contributed by atoms with van der Waals surface area (Å²) in [6, 6.07) is 0. The maximum atomic E-state index is 11.3. The molecule has 3 nitrogen and oxygen atoms in total. The van der Waals surface area contributed by atoms with Crippen LogP contribution < -0.4 is 0 Å². The predicted molar refractivity (Wildman–Crippen MR) is 40.5 cm³/mol. The summed E-state index contributed by atoms with van der Waals surface area (Å²) in [6.45, 7) is 2.83. The van der Waals surface area contributed by atoms with E-state index >= 15 is 0 Å². The minimum absolute atomic E-state index is 0.242. The van der Waals surface area contributed by atoms with Crippen molar-refractivity contribution in [2.24, 2.45) is 0 Å². The quantitative estimate of drug-likeness (QED) is 0.556. The van der Waals surface area contributed by atoms with Crippen LogP contribution in [0.3, 0.4) is 0 Å². The third-order valence-corrected chi connectivity index (χ3v) is 2.06. The molecule has 1 aromatic rings. The normalized spacial score (nSPS) is 16.6. The molecule has 2 rings (SSSR count). The van der Waals surface area contributed by atoms with Crippen molar-refractivity contribution in [2.75, 3.05) is 0 Å². The van der Waals surface area contributed by atoms with Crippen molar-refractivity contribution in [3.05, 3.63) is 17.5 Å². The summed E-state index contributed by atoms with van der Waals surface area (Å²) in [5, 5.41) is 4.10. The molecule has 11 heavy (non-hydrogen) atoms. The van der Waals surface area contributed by atoms with Gasteiger partial charge in [-0.1, -0.05) is 0 Å². The van der Waals surface area contributed by atoms with Gasteiger partial charge in [-0.05, 0) is 18.9 Å². The Morgan fingerprint density at radius 2 is 2.45 bits per heavy atom. The first-order valence-electron chi connectivity index (χ1n) is 3.84. The van der Waals surface area contributed by atoms with E-state index in [9.17, 15) is 4.79 Å². The Labute approximate surface area is 65.0 Å². The first-order chi connectivity index (χ1) is 5.29. The molecule has 0 amide bonds. The zero-order valence-corrected chi connectivity index (χ0v) is 6.50. The third kappa shape index (κ3) is 0.878. The van der Waals surface area contributed by atoms with E-state index in [-0.39, 0.29) is 5.78 Å². The van der Waals surface area contributed by atoms with Gasteiger partial charge in [0, 0.05) is 13.0 Å². The summed E-state index contributed by atoms with van der Waals surface area (Å²) in [7, 11) is 0. The van der Waals surface area contributed by atoms with Crippen molar-refractivity contribution in [1.82, 2.24) is 9.78 Å². The minimum atomic E-state index is 0.242. The van der Waals surface area contributed by atoms with Crippen molar-refractivity contribution < 1.29 is 4.79 Å². The number of rotatable bonds is 0. The Bertz CT molecular complexity index is 301. The number of Topliss-reactive ketones (excluding diaryl/α,β-unsaturated/α-hetero) is 1. The number of aryl methyl sites for hydroxylation is 2. The number of aromatic nitrogens is 2. The third-order valence-electron chi connectivity index (χ3n) is 2.06. The Kier molecular flexibility index (Phi) is 1.31. The fourth-order valence-corrected chi connectivity index (χ4v) is 1.52. The standard InChI is InChI=1S/C8H10N2O/c1-6-5-9-10-4-2-3-7(11)8(6)10/h5H,2-4H2,1H3. The van der Waals surface area contributed by atoms with Gasteiger partial charge in [-0.2, -0.15) is 5.10 Å².